The number of aromatic nitrogens is 2. The van der Waals surface area contributed by atoms with Gasteiger partial charge in [-0.15, -0.1) is 0 Å². The largest absolute Gasteiger partial charge is 0.383 e. The predicted octanol–water partition coefficient (Wildman–Crippen LogP) is 2.61. The molecule has 1 heterocycles. The Morgan fingerprint density at radius 2 is 2.00 bits per heavy atom. The van der Waals surface area contributed by atoms with Crippen LogP contribution in [0.2, 0.25) is 0 Å². The molecule has 4 heteroatoms. The van der Waals surface area contributed by atoms with Crippen LogP contribution in [-0.4, -0.2) is 16.5 Å². The predicted molar refractivity (Wildman–Crippen MR) is 70.8 cm³/mol. The second kappa shape index (κ2) is 5.34. The van der Waals surface area contributed by atoms with Crippen molar-refractivity contribution in [2.75, 3.05) is 17.6 Å². The zero-order valence-electron chi connectivity index (χ0n) is 10.7. The van der Waals surface area contributed by atoms with Gasteiger partial charge in [-0.2, -0.15) is 0 Å². The fraction of sp³-hybridized carbons (Fsp3) is 0.692. The summed E-state index contributed by atoms with van der Waals surface area (Å²) in [6.45, 7) is 5.31. The van der Waals surface area contributed by atoms with Crippen LogP contribution in [0.15, 0.2) is 6.33 Å². The first kappa shape index (κ1) is 12.1. The number of nitrogens with two attached hydrogens (primary N) is 1. The fourth-order valence-electron chi connectivity index (χ4n) is 2.42. The third kappa shape index (κ3) is 3.08. The van der Waals surface area contributed by atoms with Crippen molar-refractivity contribution >= 4 is 11.6 Å². The zero-order valence-corrected chi connectivity index (χ0v) is 10.7. The lowest BCUT2D eigenvalue weighted by atomic mass is 9.83. The third-order valence-corrected chi connectivity index (χ3v) is 3.82. The molecule has 0 atom stereocenters. The molecule has 1 aliphatic carbocycles. The van der Waals surface area contributed by atoms with E-state index >= 15 is 0 Å². The molecule has 2 rings (SSSR count). The van der Waals surface area contributed by atoms with Crippen LogP contribution in [0.3, 0.4) is 0 Å². The van der Waals surface area contributed by atoms with Crippen LogP contribution < -0.4 is 11.1 Å². The highest BCUT2D eigenvalue weighted by molar-refractivity contribution is 5.53. The quantitative estimate of drug-likeness (QED) is 0.843. The van der Waals surface area contributed by atoms with Crippen molar-refractivity contribution in [1.29, 1.82) is 0 Å². The van der Waals surface area contributed by atoms with E-state index in [1.807, 2.05) is 6.92 Å². The molecule has 1 aromatic heterocycles. The van der Waals surface area contributed by atoms with Gasteiger partial charge in [-0.25, -0.2) is 9.97 Å². The Hall–Kier alpha value is -1.32. The summed E-state index contributed by atoms with van der Waals surface area (Å²) in [7, 11) is 0. The minimum Gasteiger partial charge on any atom is -0.383 e. The van der Waals surface area contributed by atoms with Gasteiger partial charge in [0.25, 0.3) is 0 Å². The van der Waals surface area contributed by atoms with Gasteiger partial charge in [0.2, 0.25) is 0 Å². The number of rotatable bonds is 3. The Balaban J connectivity index is 1.87. The second-order valence-corrected chi connectivity index (χ2v) is 5.24. The van der Waals surface area contributed by atoms with Gasteiger partial charge >= 0.3 is 0 Å². The molecule has 0 spiro atoms. The molecule has 0 bridgehead atoms. The van der Waals surface area contributed by atoms with E-state index in [1.165, 1.54) is 32.0 Å². The maximum absolute atomic E-state index is 5.76. The topological polar surface area (TPSA) is 63.8 Å². The Labute approximate surface area is 103 Å². The summed E-state index contributed by atoms with van der Waals surface area (Å²) >= 11 is 0. The summed E-state index contributed by atoms with van der Waals surface area (Å²) in [5.41, 5.74) is 6.71. The van der Waals surface area contributed by atoms with Gasteiger partial charge in [-0.3, -0.25) is 0 Å². The minimum absolute atomic E-state index is 0.569. The number of anilines is 2. The summed E-state index contributed by atoms with van der Waals surface area (Å²) in [5.74, 6) is 3.14. The standard InChI is InChI=1S/C13H22N4/c1-9-3-5-11(6-4-9)7-15-13-10(2)12(14)16-8-17-13/h8-9,11H,3-7H2,1-2H3,(H3,14,15,16,17). The Morgan fingerprint density at radius 1 is 1.29 bits per heavy atom. The van der Waals surface area contributed by atoms with Crippen molar-refractivity contribution in [2.24, 2.45) is 11.8 Å². The number of nitrogens with one attached hydrogen (secondary N) is 1. The van der Waals surface area contributed by atoms with Gasteiger partial charge in [0.05, 0.1) is 0 Å². The van der Waals surface area contributed by atoms with Crippen LogP contribution >= 0.6 is 0 Å². The van der Waals surface area contributed by atoms with Gasteiger partial charge in [-0.05, 0) is 31.6 Å². The maximum Gasteiger partial charge on any atom is 0.134 e. The average molecular weight is 234 g/mol. The minimum atomic E-state index is 0.569. The number of hydrogen-bond acceptors (Lipinski definition) is 4. The van der Waals surface area contributed by atoms with E-state index in [0.717, 1.165) is 29.8 Å². The average Bonchev–Trinajstić information content (AvgIpc) is 2.33. The molecule has 1 aliphatic rings. The van der Waals surface area contributed by atoms with Crippen molar-refractivity contribution in [2.45, 2.75) is 39.5 Å². The second-order valence-electron chi connectivity index (χ2n) is 5.24. The first-order valence-electron chi connectivity index (χ1n) is 6.47. The van der Waals surface area contributed by atoms with Gasteiger partial charge < -0.3 is 11.1 Å². The lowest BCUT2D eigenvalue weighted by molar-refractivity contribution is 0.300. The van der Waals surface area contributed by atoms with Crippen LogP contribution in [0.5, 0.6) is 0 Å². The molecule has 0 aliphatic heterocycles. The smallest absolute Gasteiger partial charge is 0.134 e. The van der Waals surface area contributed by atoms with Crippen molar-refractivity contribution in [3.8, 4) is 0 Å². The van der Waals surface area contributed by atoms with E-state index in [9.17, 15) is 0 Å². The molecular formula is C13H22N4. The first-order chi connectivity index (χ1) is 8.16. The van der Waals surface area contributed by atoms with E-state index in [1.54, 1.807) is 0 Å². The monoisotopic (exact) mass is 234 g/mol. The van der Waals surface area contributed by atoms with Crippen molar-refractivity contribution in [3.63, 3.8) is 0 Å². The molecule has 1 fully saturated rings. The van der Waals surface area contributed by atoms with Crippen LogP contribution in [0, 0.1) is 18.8 Å². The molecule has 0 unspecified atom stereocenters. The Bertz CT molecular complexity index is 370. The maximum atomic E-state index is 5.76. The van der Waals surface area contributed by atoms with E-state index < -0.39 is 0 Å². The number of hydrogen-bond donors (Lipinski definition) is 2. The van der Waals surface area contributed by atoms with E-state index in [0.29, 0.717) is 5.82 Å². The molecule has 3 N–H and O–H groups in total. The molecule has 94 valence electrons. The van der Waals surface area contributed by atoms with Gasteiger partial charge in [0, 0.05) is 12.1 Å². The Kier molecular flexibility index (Phi) is 3.82. The van der Waals surface area contributed by atoms with Crippen LogP contribution in [0.25, 0.3) is 0 Å². The van der Waals surface area contributed by atoms with Gasteiger partial charge in [-0.1, -0.05) is 19.8 Å². The zero-order chi connectivity index (χ0) is 12.3. The molecule has 0 amide bonds. The normalized spacial score (nSPS) is 24.6. The van der Waals surface area contributed by atoms with Gasteiger partial charge in [0.15, 0.2) is 0 Å². The highest BCUT2D eigenvalue weighted by atomic mass is 15.0. The van der Waals surface area contributed by atoms with E-state index in [2.05, 4.69) is 22.2 Å². The molecule has 4 nitrogen and oxygen atoms in total. The highest BCUT2D eigenvalue weighted by Crippen LogP contribution is 2.28. The molecular weight excluding hydrogens is 212 g/mol. The Morgan fingerprint density at radius 3 is 2.71 bits per heavy atom. The first-order valence-corrected chi connectivity index (χ1v) is 6.47. The number of nitrogen functional groups attached to an aromatic ring is 1. The van der Waals surface area contributed by atoms with Crippen molar-refractivity contribution in [3.05, 3.63) is 11.9 Å². The highest BCUT2D eigenvalue weighted by Gasteiger charge is 2.18. The lowest BCUT2D eigenvalue weighted by Gasteiger charge is -2.26. The van der Waals surface area contributed by atoms with Crippen molar-refractivity contribution in [1.82, 2.24) is 9.97 Å². The third-order valence-electron chi connectivity index (χ3n) is 3.82. The molecule has 0 saturated heterocycles. The molecule has 1 aromatic rings. The van der Waals surface area contributed by atoms with Crippen molar-refractivity contribution < 1.29 is 0 Å². The van der Waals surface area contributed by atoms with E-state index in [4.69, 9.17) is 5.73 Å². The summed E-state index contributed by atoms with van der Waals surface area (Å²) in [5, 5.41) is 3.41. The van der Waals surface area contributed by atoms with Gasteiger partial charge in [0.1, 0.15) is 18.0 Å². The summed E-state index contributed by atoms with van der Waals surface area (Å²) in [6, 6.07) is 0. The van der Waals surface area contributed by atoms with Crippen LogP contribution in [0.4, 0.5) is 11.6 Å². The summed E-state index contributed by atoms with van der Waals surface area (Å²) in [4.78, 5) is 8.21. The SMILES string of the molecule is Cc1c(N)ncnc1NCC1CCC(C)CC1. The molecule has 0 radical (unpaired) electrons. The van der Waals surface area contributed by atoms with Crippen LogP contribution in [0.1, 0.15) is 38.2 Å². The van der Waals surface area contributed by atoms with Crippen LogP contribution in [-0.2, 0) is 0 Å². The summed E-state index contributed by atoms with van der Waals surface area (Å²) < 4.78 is 0. The molecule has 0 aromatic carbocycles. The lowest BCUT2D eigenvalue weighted by Crippen LogP contribution is -2.21. The molecule has 17 heavy (non-hydrogen) atoms. The summed E-state index contributed by atoms with van der Waals surface area (Å²) in [6.07, 6.45) is 6.89. The molecule has 1 saturated carbocycles. The fourth-order valence-corrected chi connectivity index (χ4v) is 2.42. The number of nitrogens with zero attached hydrogens (tertiary/aromatic N) is 2. The van der Waals surface area contributed by atoms with E-state index in [-0.39, 0.29) is 0 Å².